The van der Waals surface area contributed by atoms with Crippen LogP contribution < -0.4 is 25.7 Å². The van der Waals surface area contributed by atoms with Crippen LogP contribution >= 0.6 is 0 Å². The summed E-state index contributed by atoms with van der Waals surface area (Å²) in [5, 5.41) is 5.51. The summed E-state index contributed by atoms with van der Waals surface area (Å²) in [6, 6.07) is 7.67. The van der Waals surface area contributed by atoms with Crippen molar-refractivity contribution in [3.63, 3.8) is 0 Å². The zero-order chi connectivity index (χ0) is 23.1. The smallest absolute Gasteiger partial charge is 0.255 e. The van der Waals surface area contributed by atoms with E-state index in [-0.39, 0.29) is 55.7 Å². The summed E-state index contributed by atoms with van der Waals surface area (Å²) in [7, 11) is 3.11. The molecule has 0 spiro atoms. The number of benzene rings is 1. The average Bonchev–Trinajstić information content (AvgIpc) is 2.79. The number of nitrogens with zero attached hydrogens (tertiary/aromatic N) is 2. The number of ether oxygens (including phenoxy) is 2. The Labute approximate surface area is 185 Å². The van der Waals surface area contributed by atoms with Gasteiger partial charge in [0, 0.05) is 44.0 Å². The molecule has 0 unspecified atom stereocenters. The zero-order valence-corrected chi connectivity index (χ0v) is 18.1. The standard InChI is InChI=1S/C22H26N4O6/c1-25-10-6-15(12-20(25)28)22(30)26-9-3-7-24-21(29)17-5-4-16(31-2)13-18(17)32-11-8-23-19(27)14-26/h4-6,10,12-13H,3,7-9,11,14H2,1-2H3,(H,23,27)(H,24,29). The molecular weight excluding hydrogens is 416 g/mol. The number of fused-ring (bicyclic) bond motifs is 1. The Morgan fingerprint density at radius 1 is 1.09 bits per heavy atom. The van der Waals surface area contributed by atoms with E-state index in [1.54, 1.807) is 25.2 Å². The van der Waals surface area contributed by atoms with Gasteiger partial charge in [-0.3, -0.25) is 19.2 Å². The van der Waals surface area contributed by atoms with Crippen molar-refractivity contribution in [1.29, 1.82) is 0 Å². The summed E-state index contributed by atoms with van der Waals surface area (Å²) in [6.07, 6.45) is 1.92. The van der Waals surface area contributed by atoms with Gasteiger partial charge in [0.2, 0.25) is 5.91 Å². The number of methoxy groups -OCH3 is 1. The molecule has 0 saturated heterocycles. The third-order valence-electron chi connectivity index (χ3n) is 4.98. The van der Waals surface area contributed by atoms with Crippen LogP contribution in [0.25, 0.3) is 0 Å². The summed E-state index contributed by atoms with van der Waals surface area (Å²) in [6.45, 7) is 0.652. The molecule has 0 saturated carbocycles. The summed E-state index contributed by atoms with van der Waals surface area (Å²) in [5.74, 6) is -0.182. The van der Waals surface area contributed by atoms with Crippen LogP contribution in [-0.2, 0) is 11.8 Å². The molecule has 170 valence electrons. The SMILES string of the molecule is COc1ccc2c(c1)OCCNC(=O)CN(C(=O)c1ccn(C)c(=O)c1)CCCNC2=O. The summed E-state index contributed by atoms with van der Waals surface area (Å²) < 4.78 is 12.2. The summed E-state index contributed by atoms with van der Waals surface area (Å²) >= 11 is 0. The normalized spacial score (nSPS) is 15.5. The van der Waals surface area contributed by atoms with Crippen LogP contribution in [0.1, 0.15) is 27.1 Å². The van der Waals surface area contributed by atoms with Crippen LogP contribution in [0.2, 0.25) is 0 Å². The second-order valence-electron chi connectivity index (χ2n) is 7.26. The lowest BCUT2D eigenvalue weighted by Crippen LogP contribution is -2.43. The average molecular weight is 442 g/mol. The van der Waals surface area contributed by atoms with E-state index in [9.17, 15) is 19.2 Å². The predicted molar refractivity (Wildman–Crippen MR) is 116 cm³/mol. The minimum atomic E-state index is -0.426. The monoisotopic (exact) mass is 442 g/mol. The van der Waals surface area contributed by atoms with Crippen molar-refractivity contribution in [1.82, 2.24) is 20.1 Å². The molecule has 3 amide bonds. The fourth-order valence-corrected chi connectivity index (χ4v) is 3.20. The summed E-state index contributed by atoms with van der Waals surface area (Å²) in [4.78, 5) is 51.2. The minimum Gasteiger partial charge on any atom is -0.497 e. The number of carbonyl (C=O) groups is 3. The molecule has 0 radical (unpaired) electrons. The van der Waals surface area contributed by atoms with E-state index in [0.29, 0.717) is 23.5 Å². The van der Waals surface area contributed by atoms with Gasteiger partial charge in [0.15, 0.2) is 0 Å². The molecule has 1 aliphatic heterocycles. The maximum Gasteiger partial charge on any atom is 0.255 e. The van der Waals surface area contributed by atoms with Crippen LogP contribution in [0.15, 0.2) is 41.3 Å². The van der Waals surface area contributed by atoms with Crippen LogP contribution in [0.4, 0.5) is 0 Å². The molecule has 2 heterocycles. The Morgan fingerprint density at radius 3 is 2.66 bits per heavy atom. The second-order valence-corrected chi connectivity index (χ2v) is 7.26. The van der Waals surface area contributed by atoms with E-state index >= 15 is 0 Å². The molecule has 2 N–H and O–H groups in total. The number of nitrogens with one attached hydrogen (secondary N) is 2. The highest BCUT2D eigenvalue weighted by molar-refractivity contribution is 5.97. The first-order valence-electron chi connectivity index (χ1n) is 10.2. The number of aromatic nitrogens is 1. The van der Waals surface area contributed by atoms with E-state index in [1.165, 1.54) is 34.9 Å². The van der Waals surface area contributed by atoms with E-state index < -0.39 is 5.91 Å². The molecule has 0 bridgehead atoms. The minimum absolute atomic E-state index is 0.127. The first kappa shape index (κ1) is 22.9. The maximum atomic E-state index is 12.9. The molecule has 2 aromatic rings. The Bertz CT molecular complexity index is 1060. The molecule has 0 aliphatic carbocycles. The van der Waals surface area contributed by atoms with E-state index in [0.717, 1.165) is 0 Å². The van der Waals surface area contributed by atoms with Gasteiger partial charge in [-0.15, -0.1) is 0 Å². The highest BCUT2D eigenvalue weighted by Crippen LogP contribution is 2.25. The number of aryl methyl sites for hydroxylation is 1. The van der Waals surface area contributed by atoms with Crippen LogP contribution in [0, 0.1) is 0 Å². The number of pyridine rings is 1. The lowest BCUT2D eigenvalue weighted by molar-refractivity contribution is -0.121. The highest BCUT2D eigenvalue weighted by atomic mass is 16.5. The quantitative estimate of drug-likeness (QED) is 0.684. The van der Waals surface area contributed by atoms with Crippen LogP contribution in [-0.4, -0.2) is 67.1 Å². The van der Waals surface area contributed by atoms with Gasteiger partial charge >= 0.3 is 0 Å². The van der Waals surface area contributed by atoms with Crippen molar-refractivity contribution in [2.75, 3.05) is 39.9 Å². The fourth-order valence-electron chi connectivity index (χ4n) is 3.20. The van der Waals surface area contributed by atoms with E-state index in [2.05, 4.69) is 10.6 Å². The predicted octanol–water partition coefficient (Wildman–Crippen LogP) is 0.165. The Hall–Kier alpha value is -3.82. The summed E-state index contributed by atoms with van der Waals surface area (Å²) in [5.41, 5.74) is 0.238. The van der Waals surface area contributed by atoms with E-state index in [4.69, 9.17) is 9.47 Å². The molecule has 1 aliphatic rings. The number of rotatable bonds is 2. The van der Waals surface area contributed by atoms with Gasteiger partial charge in [0.05, 0.1) is 25.8 Å². The van der Waals surface area contributed by atoms with Gasteiger partial charge in [-0.05, 0) is 24.6 Å². The maximum absolute atomic E-state index is 12.9. The topological polar surface area (TPSA) is 119 Å². The van der Waals surface area contributed by atoms with Gasteiger partial charge in [0.1, 0.15) is 18.1 Å². The molecule has 10 heteroatoms. The molecule has 10 nitrogen and oxygen atoms in total. The number of hydrogen-bond donors (Lipinski definition) is 2. The van der Waals surface area contributed by atoms with Crippen molar-refractivity contribution in [3.8, 4) is 11.5 Å². The lowest BCUT2D eigenvalue weighted by atomic mass is 10.1. The molecule has 1 aromatic carbocycles. The van der Waals surface area contributed by atoms with Gasteiger partial charge in [0.25, 0.3) is 17.4 Å². The van der Waals surface area contributed by atoms with Crippen LogP contribution in [0.5, 0.6) is 11.5 Å². The molecule has 1 aromatic heterocycles. The first-order valence-corrected chi connectivity index (χ1v) is 10.2. The second kappa shape index (κ2) is 10.5. The Morgan fingerprint density at radius 2 is 1.91 bits per heavy atom. The largest absolute Gasteiger partial charge is 0.497 e. The van der Waals surface area contributed by atoms with Crippen LogP contribution in [0.3, 0.4) is 0 Å². The van der Waals surface area contributed by atoms with E-state index in [1.807, 2.05) is 0 Å². The third kappa shape index (κ3) is 5.65. The van der Waals surface area contributed by atoms with Crippen molar-refractivity contribution < 1.29 is 23.9 Å². The van der Waals surface area contributed by atoms with Gasteiger partial charge < -0.3 is 29.6 Å². The van der Waals surface area contributed by atoms with Crippen molar-refractivity contribution in [3.05, 3.63) is 58.0 Å². The number of amides is 3. The molecule has 0 fully saturated rings. The van der Waals surface area contributed by atoms with Gasteiger partial charge in [-0.25, -0.2) is 0 Å². The highest BCUT2D eigenvalue weighted by Gasteiger charge is 2.20. The Balaban J connectivity index is 1.76. The van der Waals surface area contributed by atoms with Gasteiger partial charge in [-0.1, -0.05) is 0 Å². The molecule has 3 rings (SSSR count). The first-order chi connectivity index (χ1) is 15.4. The number of carbonyl (C=O) groups excluding carboxylic acids is 3. The van der Waals surface area contributed by atoms with Crippen molar-refractivity contribution >= 4 is 17.7 Å². The molecule has 32 heavy (non-hydrogen) atoms. The Kier molecular flexibility index (Phi) is 7.48. The van der Waals surface area contributed by atoms with Crippen molar-refractivity contribution in [2.45, 2.75) is 6.42 Å². The fraction of sp³-hybridized carbons (Fsp3) is 0.364. The molecule has 0 atom stereocenters. The van der Waals surface area contributed by atoms with Crippen molar-refractivity contribution in [2.24, 2.45) is 7.05 Å². The number of hydrogen-bond acceptors (Lipinski definition) is 6. The third-order valence-corrected chi connectivity index (χ3v) is 4.98. The van der Waals surface area contributed by atoms with Gasteiger partial charge in [-0.2, -0.15) is 0 Å². The molecular formula is C22H26N4O6. The zero-order valence-electron chi connectivity index (χ0n) is 18.1. The lowest BCUT2D eigenvalue weighted by Gasteiger charge is -2.23.